The second kappa shape index (κ2) is 5.57. The van der Waals surface area contributed by atoms with Gasteiger partial charge in [0, 0.05) is 19.2 Å². The van der Waals surface area contributed by atoms with Crippen LogP contribution < -0.4 is 5.73 Å². The number of nitrogens with zero attached hydrogens (tertiary/aromatic N) is 1. The molecule has 1 amide bonds. The summed E-state index contributed by atoms with van der Waals surface area (Å²) in [5, 5.41) is 0. The maximum Gasteiger partial charge on any atom is 0.239 e. The smallest absolute Gasteiger partial charge is 0.239 e. The summed E-state index contributed by atoms with van der Waals surface area (Å²) >= 11 is 0. The van der Waals surface area contributed by atoms with Gasteiger partial charge in [0.2, 0.25) is 5.91 Å². The van der Waals surface area contributed by atoms with Gasteiger partial charge in [0.1, 0.15) is 0 Å². The predicted molar refractivity (Wildman–Crippen MR) is 71.2 cm³/mol. The number of ether oxygens (including phenoxy) is 1. The monoisotopic (exact) mass is 254 g/mol. The molecule has 2 saturated heterocycles. The highest BCUT2D eigenvalue weighted by Crippen LogP contribution is 2.34. The van der Waals surface area contributed by atoms with Gasteiger partial charge in [-0.1, -0.05) is 13.8 Å². The highest BCUT2D eigenvalue weighted by molar-refractivity contribution is 5.82. The lowest BCUT2D eigenvalue weighted by Gasteiger charge is -2.46. The molecular formula is C14H26N2O2. The summed E-state index contributed by atoms with van der Waals surface area (Å²) in [5.41, 5.74) is 5.86. The van der Waals surface area contributed by atoms with E-state index in [-0.39, 0.29) is 17.6 Å². The average Bonchev–Trinajstić information content (AvgIpc) is 2.42. The van der Waals surface area contributed by atoms with E-state index >= 15 is 0 Å². The predicted octanol–water partition coefficient (Wildman–Crippen LogP) is 1.67. The van der Waals surface area contributed by atoms with Crippen LogP contribution >= 0.6 is 0 Å². The molecule has 2 aliphatic rings. The van der Waals surface area contributed by atoms with E-state index in [2.05, 4.69) is 13.8 Å². The zero-order valence-corrected chi connectivity index (χ0v) is 11.7. The second-order valence-electron chi connectivity index (χ2n) is 5.67. The minimum absolute atomic E-state index is 0.0231. The Labute approximate surface area is 110 Å². The molecule has 0 spiro atoms. The van der Waals surface area contributed by atoms with Crippen molar-refractivity contribution in [1.29, 1.82) is 0 Å². The highest BCUT2D eigenvalue weighted by atomic mass is 16.5. The van der Waals surface area contributed by atoms with E-state index in [1.165, 1.54) is 0 Å². The maximum atomic E-state index is 12.2. The van der Waals surface area contributed by atoms with Gasteiger partial charge >= 0.3 is 0 Å². The number of nitrogens with two attached hydrogens (primary N) is 1. The van der Waals surface area contributed by atoms with Crippen LogP contribution in [-0.4, -0.2) is 41.6 Å². The van der Waals surface area contributed by atoms with Crippen LogP contribution in [0.25, 0.3) is 0 Å². The first-order valence-electron chi connectivity index (χ1n) is 7.32. The van der Waals surface area contributed by atoms with E-state index < -0.39 is 0 Å². The number of hydrogen-bond donors (Lipinski definition) is 1. The lowest BCUT2D eigenvalue weighted by Crippen LogP contribution is -2.56. The summed E-state index contributed by atoms with van der Waals surface area (Å²) in [6.45, 7) is 6.00. The van der Waals surface area contributed by atoms with Gasteiger partial charge in [-0.2, -0.15) is 0 Å². The molecule has 2 atom stereocenters. The molecule has 0 bridgehead atoms. The lowest BCUT2D eigenvalue weighted by atomic mass is 9.84. The molecule has 2 aliphatic heterocycles. The van der Waals surface area contributed by atoms with Crippen LogP contribution in [0.4, 0.5) is 0 Å². The Morgan fingerprint density at radius 3 is 2.78 bits per heavy atom. The van der Waals surface area contributed by atoms with Crippen molar-refractivity contribution < 1.29 is 9.53 Å². The molecule has 0 aromatic rings. The zero-order valence-electron chi connectivity index (χ0n) is 11.7. The van der Waals surface area contributed by atoms with Crippen LogP contribution in [0.2, 0.25) is 0 Å². The van der Waals surface area contributed by atoms with E-state index in [0.717, 1.165) is 51.7 Å². The SMILES string of the molecule is CCC1(CC)CC(N2CCCC(N)C2=O)CCO1. The number of likely N-dealkylation sites (tertiary alicyclic amines) is 1. The van der Waals surface area contributed by atoms with Gasteiger partial charge in [0.05, 0.1) is 11.6 Å². The van der Waals surface area contributed by atoms with E-state index in [9.17, 15) is 4.79 Å². The van der Waals surface area contributed by atoms with Crippen LogP contribution in [0, 0.1) is 0 Å². The molecule has 4 nitrogen and oxygen atoms in total. The van der Waals surface area contributed by atoms with Gasteiger partial charge in [-0.15, -0.1) is 0 Å². The second-order valence-corrected chi connectivity index (χ2v) is 5.67. The molecule has 2 heterocycles. The third kappa shape index (κ3) is 2.54. The molecule has 18 heavy (non-hydrogen) atoms. The standard InChI is InChI=1S/C14H26N2O2/c1-3-14(4-2)10-11(7-9-18-14)16-8-5-6-12(15)13(16)17/h11-12H,3-10,15H2,1-2H3. The van der Waals surface area contributed by atoms with Crippen molar-refractivity contribution in [1.82, 2.24) is 4.90 Å². The van der Waals surface area contributed by atoms with Gasteiger partial charge in [0.15, 0.2) is 0 Å². The summed E-state index contributed by atoms with van der Waals surface area (Å²) in [5.74, 6) is 0.147. The summed E-state index contributed by atoms with van der Waals surface area (Å²) in [6, 6.07) is 0.0525. The van der Waals surface area contributed by atoms with Gasteiger partial charge in [0.25, 0.3) is 0 Å². The first kappa shape index (κ1) is 13.8. The van der Waals surface area contributed by atoms with Gasteiger partial charge < -0.3 is 15.4 Å². The summed E-state index contributed by atoms with van der Waals surface area (Å²) in [7, 11) is 0. The maximum absolute atomic E-state index is 12.2. The molecule has 2 fully saturated rings. The van der Waals surface area contributed by atoms with Crippen molar-refractivity contribution in [2.24, 2.45) is 5.73 Å². The number of carbonyl (C=O) groups is 1. The summed E-state index contributed by atoms with van der Waals surface area (Å²) < 4.78 is 5.98. The van der Waals surface area contributed by atoms with E-state index in [1.54, 1.807) is 0 Å². The van der Waals surface area contributed by atoms with Crippen molar-refractivity contribution in [2.45, 2.75) is 70.1 Å². The molecule has 0 aromatic carbocycles. The van der Waals surface area contributed by atoms with E-state index in [0.29, 0.717) is 6.04 Å². The third-order valence-electron chi connectivity index (χ3n) is 4.71. The Hall–Kier alpha value is -0.610. The summed E-state index contributed by atoms with van der Waals surface area (Å²) in [6.07, 6.45) is 5.85. The minimum Gasteiger partial charge on any atom is -0.375 e. The van der Waals surface area contributed by atoms with Crippen molar-refractivity contribution in [3.8, 4) is 0 Å². The lowest BCUT2D eigenvalue weighted by molar-refractivity contribution is -0.148. The average molecular weight is 254 g/mol. The van der Waals surface area contributed by atoms with Crippen LogP contribution in [-0.2, 0) is 9.53 Å². The first-order valence-corrected chi connectivity index (χ1v) is 7.32. The number of hydrogen-bond acceptors (Lipinski definition) is 3. The quantitative estimate of drug-likeness (QED) is 0.833. The van der Waals surface area contributed by atoms with Crippen molar-refractivity contribution in [3.63, 3.8) is 0 Å². The van der Waals surface area contributed by atoms with Crippen LogP contribution in [0.15, 0.2) is 0 Å². The van der Waals surface area contributed by atoms with Crippen molar-refractivity contribution in [2.75, 3.05) is 13.2 Å². The minimum atomic E-state index is -0.278. The zero-order chi connectivity index (χ0) is 13.2. The molecule has 0 aliphatic carbocycles. The van der Waals surface area contributed by atoms with Crippen LogP contribution in [0.1, 0.15) is 52.4 Å². The molecule has 104 valence electrons. The molecule has 2 unspecified atom stereocenters. The van der Waals surface area contributed by atoms with Gasteiger partial charge in [-0.25, -0.2) is 0 Å². The Morgan fingerprint density at radius 2 is 2.11 bits per heavy atom. The van der Waals surface area contributed by atoms with E-state index in [1.807, 2.05) is 4.90 Å². The fourth-order valence-corrected chi connectivity index (χ4v) is 3.30. The summed E-state index contributed by atoms with van der Waals surface area (Å²) in [4.78, 5) is 14.2. The highest BCUT2D eigenvalue weighted by Gasteiger charge is 2.40. The van der Waals surface area contributed by atoms with Crippen molar-refractivity contribution >= 4 is 5.91 Å². The van der Waals surface area contributed by atoms with Gasteiger partial charge in [-0.05, 0) is 38.5 Å². The van der Waals surface area contributed by atoms with Crippen LogP contribution in [0.3, 0.4) is 0 Å². The Bertz CT molecular complexity index is 302. The van der Waals surface area contributed by atoms with Crippen LogP contribution in [0.5, 0.6) is 0 Å². The molecule has 0 radical (unpaired) electrons. The fraction of sp³-hybridized carbons (Fsp3) is 0.929. The number of piperidine rings is 1. The number of rotatable bonds is 3. The molecular weight excluding hydrogens is 228 g/mol. The Kier molecular flexibility index (Phi) is 4.28. The Balaban J connectivity index is 2.06. The topological polar surface area (TPSA) is 55.6 Å². The largest absolute Gasteiger partial charge is 0.375 e. The third-order valence-corrected chi connectivity index (χ3v) is 4.71. The molecule has 0 saturated carbocycles. The van der Waals surface area contributed by atoms with Gasteiger partial charge in [-0.3, -0.25) is 4.79 Å². The normalized spacial score (nSPS) is 32.6. The van der Waals surface area contributed by atoms with Crippen molar-refractivity contribution in [3.05, 3.63) is 0 Å². The Morgan fingerprint density at radius 1 is 1.39 bits per heavy atom. The van der Waals surface area contributed by atoms with E-state index in [4.69, 9.17) is 10.5 Å². The molecule has 4 heteroatoms. The molecule has 0 aromatic heterocycles. The number of amides is 1. The molecule has 2 rings (SSSR count). The number of carbonyl (C=O) groups excluding carboxylic acids is 1. The first-order chi connectivity index (χ1) is 8.62. The fourth-order valence-electron chi connectivity index (χ4n) is 3.30. The molecule has 2 N–H and O–H groups in total.